The molecular formula is C126H96N4O4. The highest BCUT2D eigenvalue weighted by atomic mass is 16.3. The first-order valence-electron chi connectivity index (χ1n) is 46.8. The summed E-state index contributed by atoms with van der Waals surface area (Å²) in [7, 11) is 0. The zero-order valence-corrected chi connectivity index (χ0v) is 76.5. The highest BCUT2D eigenvalue weighted by molar-refractivity contribution is 6.19. The van der Waals surface area contributed by atoms with Gasteiger partial charge in [-0.3, -0.25) is 0 Å². The van der Waals surface area contributed by atoms with E-state index in [0.29, 0.717) is 11.8 Å². The summed E-state index contributed by atoms with van der Waals surface area (Å²) in [6.45, 7) is 22.7. The Morgan fingerprint density at radius 2 is 0.403 bits per heavy atom. The molecule has 2 aliphatic rings. The minimum atomic E-state index is -0.0145. The first-order valence-corrected chi connectivity index (χ1v) is 46.8. The van der Waals surface area contributed by atoms with Crippen molar-refractivity contribution in [1.82, 2.24) is 0 Å². The van der Waals surface area contributed by atoms with Crippen LogP contribution in [-0.2, 0) is 10.8 Å². The number of para-hydroxylation sites is 8. The maximum Gasteiger partial charge on any atom is 0.159 e. The monoisotopic (exact) mass is 1730 g/mol. The highest BCUT2D eigenvalue weighted by Gasteiger charge is 2.32. The molecule has 2 aliphatic carbocycles. The van der Waals surface area contributed by atoms with Gasteiger partial charge in [0.05, 0.1) is 22.7 Å². The standard InChI is InChI=1S/C64H50N2O2.C62H46N2O2/c1-63(2,3)43-15-11-17-45(37-43)65(57-23-13-21-51-49-19-7-9-25-59(49)67-61(51)57)47-29-27-39-33-53-55(35-41(39)31-47)54-34-40-28-30-48(32-42(40)36-56(53)54)66(46-18-12-16-44(38-46)64(4,5)6)58-24-14-22-52-50-20-8-10-26-60(50)68-62(52)58;1-37(2)39-13-9-15-45(29-39)63(57-21-11-19-51-49-17-5-7-23-59(49)65-61(51)57)47-27-25-41-33-53-55(35-43(41)31-47)54-34-42-26-28-48(32-44(42)36-56(53)54)64(46-16-10-14-40(30-46)38(3)4)58-22-12-20-52-50-18-6-8-24-60(50)66-62(52)58/h7-38H,1-6H3;5-38H,1-4H3. The van der Waals surface area contributed by atoms with Crippen LogP contribution in [0.1, 0.15) is 103 Å². The number of benzene rings is 20. The third-order valence-electron chi connectivity index (χ3n) is 28.1. The van der Waals surface area contributed by atoms with Gasteiger partial charge in [0.1, 0.15) is 22.3 Å². The highest BCUT2D eigenvalue weighted by Crippen LogP contribution is 2.57. The van der Waals surface area contributed by atoms with Crippen LogP contribution in [0.4, 0.5) is 68.2 Å². The van der Waals surface area contributed by atoms with Crippen LogP contribution in [0, 0.1) is 0 Å². The van der Waals surface area contributed by atoms with Crippen LogP contribution in [-0.4, -0.2) is 0 Å². The van der Waals surface area contributed by atoms with Crippen molar-refractivity contribution in [3.63, 3.8) is 0 Å². The van der Waals surface area contributed by atoms with Crippen molar-refractivity contribution >= 4 is 199 Å². The van der Waals surface area contributed by atoms with Gasteiger partial charge in [-0.1, -0.05) is 263 Å². The van der Waals surface area contributed by atoms with Crippen molar-refractivity contribution in [2.45, 2.75) is 91.9 Å². The van der Waals surface area contributed by atoms with Crippen LogP contribution in [0.5, 0.6) is 0 Å². The van der Waals surface area contributed by atoms with Gasteiger partial charge in [-0.05, 0) is 327 Å². The summed E-state index contributed by atoms with van der Waals surface area (Å²) in [4.78, 5) is 9.47. The molecule has 8 heteroatoms. The third-order valence-corrected chi connectivity index (χ3v) is 28.1. The zero-order chi connectivity index (χ0) is 90.3. The molecule has 0 unspecified atom stereocenters. The lowest BCUT2D eigenvalue weighted by Crippen LogP contribution is -2.14. The summed E-state index contributed by atoms with van der Waals surface area (Å²) < 4.78 is 26.6. The van der Waals surface area contributed by atoms with E-state index < -0.39 is 0 Å². The minimum absolute atomic E-state index is 0.0145. The zero-order valence-electron chi connectivity index (χ0n) is 76.5. The van der Waals surface area contributed by atoms with Gasteiger partial charge in [0.15, 0.2) is 22.3 Å². The molecule has 24 aromatic rings. The number of hydrogen-bond donors (Lipinski definition) is 0. The molecule has 4 heterocycles. The van der Waals surface area contributed by atoms with Crippen LogP contribution >= 0.6 is 0 Å². The molecule has 0 bridgehead atoms. The first kappa shape index (κ1) is 80.0. The van der Waals surface area contributed by atoms with Gasteiger partial charge in [-0.15, -0.1) is 0 Å². The molecule has 644 valence electrons. The molecule has 8 nitrogen and oxygen atoms in total. The predicted octanol–water partition coefficient (Wildman–Crippen LogP) is 37.6. The van der Waals surface area contributed by atoms with Crippen molar-refractivity contribution in [1.29, 1.82) is 0 Å². The summed E-state index contributed by atoms with van der Waals surface area (Å²) in [5.41, 5.74) is 35.3. The molecule has 0 fully saturated rings. The second kappa shape index (κ2) is 30.7. The van der Waals surface area contributed by atoms with Crippen LogP contribution in [0.3, 0.4) is 0 Å². The van der Waals surface area contributed by atoms with Crippen molar-refractivity contribution < 1.29 is 17.7 Å². The lowest BCUT2D eigenvalue weighted by Gasteiger charge is -2.29. The van der Waals surface area contributed by atoms with E-state index in [2.05, 4.69) is 453 Å². The molecule has 0 aliphatic heterocycles. The third kappa shape index (κ3) is 13.2. The molecule has 0 N–H and O–H groups in total. The molecule has 0 spiro atoms. The molecule has 0 saturated heterocycles. The van der Waals surface area contributed by atoms with E-state index in [4.69, 9.17) is 17.7 Å². The van der Waals surface area contributed by atoms with Crippen molar-refractivity contribution in [2.75, 3.05) is 19.6 Å². The maximum atomic E-state index is 6.67. The Hall–Kier alpha value is -16.2. The Balaban J connectivity index is 0.000000143. The number of rotatable bonds is 14. The molecule has 0 amide bonds. The van der Waals surface area contributed by atoms with Crippen LogP contribution in [0.2, 0.25) is 0 Å². The first-order chi connectivity index (χ1) is 65.3. The van der Waals surface area contributed by atoms with Gasteiger partial charge in [0, 0.05) is 88.6 Å². The van der Waals surface area contributed by atoms with E-state index in [9.17, 15) is 0 Å². The van der Waals surface area contributed by atoms with E-state index in [0.717, 1.165) is 156 Å². The lowest BCUT2D eigenvalue weighted by atomic mass is 9.78. The van der Waals surface area contributed by atoms with Gasteiger partial charge in [0.2, 0.25) is 0 Å². The lowest BCUT2D eigenvalue weighted by molar-refractivity contribution is 0.590. The van der Waals surface area contributed by atoms with Crippen molar-refractivity contribution in [3.8, 4) is 44.5 Å². The molecule has 4 aromatic heterocycles. The van der Waals surface area contributed by atoms with Gasteiger partial charge in [-0.25, -0.2) is 0 Å². The molecule has 0 radical (unpaired) electrons. The van der Waals surface area contributed by atoms with Gasteiger partial charge in [0.25, 0.3) is 0 Å². The van der Waals surface area contributed by atoms with E-state index in [1.165, 1.54) is 110 Å². The summed E-state index contributed by atoms with van der Waals surface area (Å²) in [6.07, 6.45) is 0. The fraction of sp³-hybridized carbons (Fsp3) is 0.111. The Morgan fingerprint density at radius 1 is 0.187 bits per heavy atom. The number of nitrogens with zero attached hydrogens (tertiary/aromatic N) is 4. The normalized spacial score (nSPS) is 12.4. The van der Waals surface area contributed by atoms with E-state index >= 15 is 0 Å². The number of anilines is 12. The quantitative estimate of drug-likeness (QED) is 0.107. The fourth-order valence-electron chi connectivity index (χ4n) is 21.0. The molecule has 20 aromatic carbocycles. The summed E-state index contributed by atoms with van der Waals surface area (Å²) in [5, 5.41) is 18.6. The van der Waals surface area contributed by atoms with Gasteiger partial charge >= 0.3 is 0 Å². The van der Waals surface area contributed by atoms with E-state index in [1.54, 1.807) is 0 Å². The largest absolute Gasteiger partial charge is 0.454 e. The number of hydrogen-bond acceptors (Lipinski definition) is 8. The van der Waals surface area contributed by atoms with Crippen LogP contribution in [0.15, 0.2) is 406 Å². The molecule has 0 atom stereocenters. The average molecular weight is 1730 g/mol. The Bertz CT molecular complexity index is 8440. The van der Waals surface area contributed by atoms with Crippen LogP contribution < -0.4 is 19.6 Å². The van der Waals surface area contributed by atoms with Gasteiger partial charge < -0.3 is 37.3 Å². The smallest absolute Gasteiger partial charge is 0.159 e. The number of fused-ring (bicyclic) bond motifs is 24. The maximum absolute atomic E-state index is 6.67. The van der Waals surface area contributed by atoms with Crippen LogP contribution in [0.25, 0.3) is 175 Å². The van der Waals surface area contributed by atoms with Crippen molar-refractivity contribution in [3.05, 3.63) is 411 Å². The van der Waals surface area contributed by atoms with Gasteiger partial charge in [-0.2, -0.15) is 0 Å². The summed E-state index contributed by atoms with van der Waals surface area (Å²) in [6, 6.07) is 142. The minimum Gasteiger partial charge on any atom is -0.454 e. The molecular weight excluding hydrogens is 1630 g/mol. The molecule has 134 heavy (non-hydrogen) atoms. The Morgan fingerprint density at radius 3 is 0.657 bits per heavy atom. The SMILES string of the molecule is CC(C)(C)c1cccc(N(c2ccc3cc4c(cc3c2)-c2cc3ccc(N(c5cccc(C(C)(C)C)c5)c5cccc6c5oc5ccccc56)cc3cc2-4)c2cccc3c2oc2ccccc23)c1.CC(C)c1cccc(N(c2ccc3cc4c(cc3c2)-c2cc3ccc(N(c5cccc(C(C)C)c5)c5cccc6c5oc5ccccc56)cc3cc2-4)c2cccc3c2oc2ccccc23)c1. The summed E-state index contributed by atoms with van der Waals surface area (Å²) in [5.74, 6) is 0.788. The Kier molecular flexibility index (Phi) is 18.3. The number of furan rings is 4. The van der Waals surface area contributed by atoms with E-state index in [-0.39, 0.29) is 10.8 Å². The molecule has 26 rings (SSSR count). The average Bonchev–Trinajstić information content (AvgIpc) is 0.911. The molecule has 0 saturated carbocycles. The summed E-state index contributed by atoms with van der Waals surface area (Å²) >= 11 is 0. The second-order valence-electron chi connectivity index (χ2n) is 39.2. The predicted molar refractivity (Wildman–Crippen MR) is 565 cm³/mol. The topological polar surface area (TPSA) is 65.5 Å². The second-order valence-corrected chi connectivity index (χ2v) is 39.2. The van der Waals surface area contributed by atoms with E-state index in [1.807, 2.05) is 24.3 Å². The fourth-order valence-corrected chi connectivity index (χ4v) is 21.0. The Labute approximate surface area is 778 Å². The van der Waals surface area contributed by atoms with Crippen molar-refractivity contribution in [2.24, 2.45) is 0 Å².